The second kappa shape index (κ2) is 6.05. The Kier molecular flexibility index (Phi) is 4.48. The molecule has 7 nitrogen and oxygen atoms in total. The maximum atomic E-state index is 12.1. The van der Waals surface area contributed by atoms with Crippen LogP contribution in [0.15, 0.2) is 0 Å². The Bertz CT molecular complexity index is 761. The van der Waals surface area contributed by atoms with Crippen molar-refractivity contribution in [3.63, 3.8) is 0 Å². The van der Waals surface area contributed by atoms with Crippen molar-refractivity contribution in [2.75, 3.05) is 31.9 Å². The van der Waals surface area contributed by atoms with Gasteiger partial charge in [0.1, 0.15) is 0 Å². The Hall–Kier alpha value is -1.03. The van der Waals surface area contributed by atoms with Crippen LogP contribution in [-0.2, 0) is 21.4 Å². The molecule has 2 fully saturated rings. The minimum atomic E-state index is -3.35. The molecule has 3 rings (SSSR count). The summed E-state index contributed by atoms with van der Waals surface area (Å²) in [5.41, 5.74) is 0.00436. The summed E-state index contributed by atoms with van der Waals surface area (Å²) in [6.07, 6.45) is 0. The van der Waals surface area contributed by atoms with E-state index in [1.165, 1.54) is 4.31 Å². The highest BCUT2D eigenvalue weighted by molar-refractivity contribution is 7.89. The fraction of sp³-hybridized carbons (Fsp3) is 0.733. The monoisotopic (exact) mass is 373 g/mol. The lowest BCUT2D eigenvalue weighted by molar-refractivity contribution is -0.148. The number of sulfonamides is 1. The molecule has 1 aromatic rings. The number of likely N-dealkylation sites (tertiary alicyclic amines) is 1. The normalized spacial score (nSPS) is 28.4. The number of aromatic nitrogens is 1. The molecule has 2 saturated heterocycles. The highest BCUT2D eigenvalue weighted by Crippen LogP contribution is 2.44. The SMILES string of the molecule is CCS(=O)(=O)N1C[C@@H]2CN(Cc3sc(C)nc3C)C[C@]2(C(=O)O)C1. The van der Waals surface area contributed by atoms with Gasteiger partial charge in [0.05, 0.1) is 21.9 Å². The number of hydrogen-bond acceptors (Lipinski definition) is 6. The molecule has 9 heteroatoms. The van der Waals surface area contributed by atoms with Crippen LogP contribution in [-0.4, -0.2) is 65.6 Å². The molecule has 2 aliphatic rings. The number of hydrogen-bond donors (Lipinski definition) is 1. The third-order valence-electron chi connectivity index (χ3n) is 5.20. The third-order valence-corrected chi connectivity index (χ3v) is 8.05. The molecule has 0 radical (unpaired) electrons. The zero-order valence-electron chi connectivity index (χ0n) is 14.2. The Morgan fingerprint density at radius 2 is 2.08 bits per heavy atom. The van der Waals surface area contributed by atoms with Crippen LogP contribution >= 0.6 is 11.3 Å². The van der Waals surface area contributed by atoms with Gasteiger partial charge in [0.25, 0.3) is 0 Å². The van der Waals surface area contributed by atoms with Gasteiger partial charge in [-0.3, -0.25) is 9.69 Å². The van der Waals surface area contributed by atoms with Crippen LogP contribution < -0.4 is 0 Å². The first kappa shape index (κ1) is 17.8. The van der Waals surface area contributed by atoms with E-state index >= 15 is 0 Å². The topological polar surface area (TPSA) is 90.8 Å². The number of carboxylic acid groups (broad SMARTS) is 1. The summed E-state index contributed by atoms with van der Waals surface area (Å²) in [7, 11) is -3.35. The number of nitrogens with zero attached hydrogens (tertiary/aromatic N) is 3. The number of carbonyl (C=O) groups is 1. The van der Waals surface area contributed by atoms with Crippen LogP contribution in [0.5, 0.6) is 0 Å². The second-order valence-corrected chi connectivity index (χ2v) is 10.3. The van der Waals surface area contributed by atoms with Gasteiger partial charge in [-0.1, -0.05) is 0 Å². The maximum Gasteiger partial charge on any atom is 0.312 e. The smallest absolute Gasteiger partial charge is 0.312 e. The molecular weight excluding hydrogens is 350 g/mol. The van der Waals surface area contributed by atoms with E-state index in [9.17, 15) is 18.3 Å². The second-order valence-electron chi connectivity index (χ2n) is 6.76. The largest absolute Gasteiger partial charge is 0.481 e. The Morgan fingerprint density at radius 3 is 2.58 bits per heavy atom. The summed E-state index contributed by atoms with van der Waals surface area (Å²) >= 11 is 1.64. The minimum Gasteiger partial charge on any atom is -0.481 e. The van der Waals surface area contributed by atoms with Crippen molar-refractivity contribution in [1.82, 2.24) is 14.2 Å². The predicted octanol–water partition coefficient (Wildman–Crippen LogP) is 0.928. The Labute approximate surface area is 146 Å². The van der Waals surface area contributed by atoms with E-state index in [0.717, 1.165) is 15.6 Å². The summed E-state index contributed by atoms with van der Waals surface area (Å²) in [6.45, 7) is 7.60. The number of aliphatic carboxylic acids is 1. The average Bonchev–Trinajstić information content (AvgIpc) is 3.10. The van der Waals surface area contributed by atoms with Crippen molar-refractivity contribution in [3.8, 4) is 0 Å². The molecule has 1 N–H and O–H groups in total. The van der Waals surface area contributed by atoms with E-state index in [4.69, 9.17) is 0 Å². The standard InChI is InChI=1S/C15H23N3O4S2/c1-4-24(21,22)18-6-12-5-17(8-15(12,9-18)14(19)20)7-13-10(2)16-11(3)23-13/h12H,4-9H2,1-3H3,(H,19,20)/t12-,15-/m0/s1. The summed E-state index contributed by atoms with van der Waals surface area (Å²) in [6, 6.07) is 0. The molecule has 134 valence electrons. The molecule has 0 aromatic carbocycles. The molecule has 0 spiro atoms. The number of rotatable bonds is 5. The number of fused-ring (bicyclic) bond motifs is 1. The summed E-state index contributed by atoms with van der Waals surface area (Å²) in [4.78, 5) is 19.7. The van der Waals surface area contributed by atoms with E-state index in [1.807, 2.05) is 13.8 Å². The first-order chi connectivity index (χ1) is 11.2. The van der Waals surface area contributed by atoms with Crippen LogP contribution in [0.3, 0.4) is 0 Å². The quantitative estimate of drug-likeness (QED) is 0.826. The predicted molar refractivity (Wildman–Crippen MR) is 91.5 cm³/mol. The van der Waals surface area contributed by atoms with Crippen molar-refractivity contribution in [3.05, 3.63) is 15.6 Å². The molecule has 0 aliphatic carbocycles. The number of aryl methyl sites for hydroxylation is 2. The van der Waals surface area contributed by atoms with Gasteiger partial charge >= 0.3 is 5.97 Å². The highest BCUT2D eigenvalue weighted by atomic mass is 32.2. The molecule has 0 amide bonds. The lowest BCUT2D eigenvalue weighted by Gasteiger charge is -2.25. The molecule has 0 saturated carbocycles. The highest BCUT2D eigenvalue weighted by Gasteiger charge is 2.59. The fourth-order valence-electron chi connectivity index (χ4n) is 3.86. The lowest BCUT2D eigenvalue weighted by atomic mass is 9.81. The summed E-state index contributed by atoms with van der Waals surface area (Å²) < 4.78 is 25.6. The van der Waals surface area contributed by atoms with Gasteiger partial charge < -0.3 is 5.11 Å². The van der Waals surface area contributed by atoms with E-state index in [2.05, 4.69) is 9.88 Å². The lowest BCUT2D eigenvalue weighted by Crippen LogP contribution is -2.42. The zero-order valence-corrected chi connectivity index (χ0v) is 15.8. The summed E-state index contributed by atoms with van der Waals surface area (Å²) in [5.74, 6) is -1.04. The van der Waals surface area contributed by atoms with Gasteiger partial charge in [-0.25, -0.2) is 17.7 Å². The molecule has 3 heterocycles. The maximum absolute atomic E-state index is 12.1. The molecule has 1 aromatic heterocycles. The molecule has 24 heavy (non-hydrogen) atoms. The van der Waals surface area contributed by atoms with Crippen LogP contribution in [0.2, 0.25) is 0 Å². The summed E-state index contributed by atoms with van der Waals surface area (Å²) in [5, 5.41) is 10.8. The zero-order chi connectivity index (χ0) is 17.7. The molecule has 0 unspecified atom stereocenters. The Balaban J connectivity index is 1.79. The average molecular weight is 374 g/mol. The minimum absolute atomic E-state index is 0.0124. The van der Waals surface area contributed by atoms with Gasteiger partial charge in [0.2, 0.25) is 10.0 Å². The van der Waals surface area contributed by atoms with Gasteiger partial charge in [0, 0.05) is 43.5 Å². The van der Waals surface area contributed by atoms with Crippen LogP contribution in [0.25, 0.3) is 0 Å². The molecule has 0 bridgehead atoms. The van der Waals surface area contributed by atoms with Crippen molar-refractivity contribution >= 4 is 27.3 Å². The molecular formula is C15H23N3O4S2. The van der Waals surface area contributed by atoms with Crippen molar-refractivity contribution in [2.24, 2.45) is 11.3 Å². The van der Waals surface area contributed by atoms with Crippen LogP contribution in [0.4, 0.5) is 0 Å². The number of thiazole rings is 1. The van der Waals surface area contributed by atoms with E-state index in [1.54, 1.807) is 18.3 Å². The van der Waals surface area contributed by atoms with Gasteiger partial charge in [-0.2, -0.15) is 0 Å². The fourth-order valence-corrected chi connectivity index (χ4v) is 6.04. The first-order valence-electron chi connectivity index (χ1n) is 8.04. The first-order valence-corrected chi connectivity index (χ1v) is 10.5. The van der Waals surface area contributed by atoms with Crippen molar-refractivity contribution < 1.29 is 18.3 Å². The van der Waals surface area contributed by atoms with E-state index < -0.39 is 21.4 Å². The van der Waals surface area contributed by atoms with Crippen LogP contribution in [0.1, 0.15) is 22.5 Å². The molecule has 2 aliphatic heterocycles. The third kappa shape index (κ3) is 2.87. The van der Waals surface area contributed by atoms with Crippen molar-refractivity contribution in [2.45, 2.75) is 27.3 Å². The van der Waals surface area contributed by atoms with Gasteiger partial charge in [-0.05, 0) is 20.8 Å². The van der Waals surface area contributed by atoms with E-state index in [0.29, 0.717) is 26.2 Å². The van der Waals surface area contributed by atoms with Crippen molar-refractivity contribution in [1.29, 1.82) is 0 Å². The van der Waals surface area contributed by atoms with Gasteiger partial charge in [-0.15, -0.1) is 11.3 Å². The van der Waals surface area contributed by atoms with Gasteiger partial charge in [0.15, 0.2) is 0 Å². The Morgan fingerprint density at radius 1 is 1.38 bits per heavy atom. The molecule has 2 atom stereocenters. The van der Waals surface area contributed by atoms with Crippen LogP contribution in [0, 0.1) is 25.2 Å². The number of carboxylic acids is 1. The van der Waals surface area contributed by atoms with E-state index in [-0.39, 0.29) is 18.2 Å².